The highest BCUT2D eigenvalue weighted by Crippen LogP contribution is 2.16. The summed E-state index contributed by atoms with van der Waals surface area (Å²) in [5.74, 6) is 3.52. The summed E-state index contributed by atoms with van der Waals surface area (Å²) in [6.07, 6.45) is 5.24. The Morgan fingerprint density at radius 2 is 2.12 bits per heavy atom. The van der Waals surface area contributed by atoms with Crippen molar-refractivity contribution in [1.82, 2.24) is 0 Å². The lowest BCUT2D eigenvalue weighted by molar-refractivity contribution is 0.242. The summed E-state index contributed by atoms with van der Waals surface area (Å²) in [4.78, 5) is 3.92. The summed E-state index contributed by atoms with van der Waals surface area (Å²) < 4.78 is 5.52. The summed E-state index contributed by atoms with van der Waals surface area (Å²) >= 11 is 0. The molecule has 0 aliphatic rings. The lowest BCUT2D eigenvalue weighted by Crippen LogP contribution is -2.22. The fraction of sp³-hybridized carbons (Fsp3) is 0.308. The summed E-state index contributed by atoms with van der Waals surface area (Å²) in [5, 5.41) is 2.93. The predicted octanol–water partition coefficient (Wildman–Crippen LogP) is 1.83. The van der Waals surface area contributed by atoms with E-state index in [-0.39, 0.29) is 12.6 Å². The van der Waals surface area contributed by atoms with Gasteiger partial charge in [0, 0.05) is 5.69 Å². The van der Waals surface area contributed by atoms with Crippen molar-refractivity contribution in [2.75, 3.05) is 11.9 Å². The van der Waals surface area contributed by atoms with Gasteiger partial charge in [-0.1, -0.05) is 5.92 Å². The molecule has 1 aromatic rings. The summed E-state index contributed by atoms with van der Waals surface area (Å²) in [7, 11) is 0. The Hall–Kier alpha value is -2.15. The van der Waals surface area contributed by atoms with Gasteiger partial charge in [-0.15, -0.1) is 6.42 Å². The van der Waals surface area contributed by atoms with Crippen LogP contribution in [0.15, 0.2) is 29.3 Å². The fourth-order valence-corrected chi connectivity index (χ4v) is 1.21. The zero-order valence-corrected chi connectivity index (χ0v) is 10.1. The maximum atomic E-state index is 5.62. The lowest BCUT2D eigenvalue weighted by atomic mass is 10.3. The number of guanidine groups is 1. The number of anilines is 1. The van der Waals surface area contributed by atoms with Crippen LogP contribution in [0.1, 0.15) is 13.8 Å². The van der Waals surface area contributed by atoms with Gasteiger partial charge < -0.3 is 15.8 Å². The third-order valence-electron chi connectivity index (χ3n) is 1.84. The molecule has 1 rings (SSSR count). The second-order valence-electron chi connectivity index (χ2n) is 3.72. The summed E-state index contributed by atoms with van der Waals surface area (Å²) in [6.45, 7) is 4.24. The highest BCUT2D eigenvalue weighted by molar-refractivity contribution is 5.92. The fourth-order valence-electron chi connectivity index (χ4n) is 1.21. The van der Waals surface area contributed by atoms with E-state index in [1.165, 1.54) is 0 Å². The van der Waals surface area contributed by atoms with Gasteiger partial charge in [-0.25, -0.2) is 4.99 Å². The summed E-state index contributed by atoms with van der Waals surface area (Å²) in [5.41, 5.74) is 6.47. The molecule has 90 valence electrons. The van der Waals surface area contributed by atoms with Crippen molar-refractivity contribution in [3.8, 4) is 18.1 Å². The normalized spacial score (nSPS) is 11.1. The van der Waals surface area contributed by atoms with Crippen LogP contribution in [0, 0.1) is 12.3 Å². The van der Waals surface area contributed by atoms with Gasteiger partial charge in [0.25, 0.3) is 0 Å². The molecule has 0 heterocycles. The van der Waals surface area contributed by atoms with E-state index in [0.717, 1.165) is 11.4 Å². The van der Waals surface area contributed by atoms with E-state index in [1.54, 1.807) is 0 Å². The van der Waals surface area contributed by atoms with Gasteiger partial charge in [0.2, 0.25) is 0 Å². The molecule has 0 aliphatic carbocycles. The van der Waals surface area contributed by atoms with E-state index in [9.17, 15) is 0 Å². The van der Waals surface area contributed by atoms with E-state index in [0.29, 0.717) is 5.96 Å². The Balaban J connectivity index is 2.59. The lowest BCUT2D eigenvalue weighted by Gasteiger charge is -2.10. The van der Waals surface area contributed by atoms with Crippen molar-refractivity contribution in [3.63, 3.8) is 0 Å². The number of aliphatic imine (C=N–C) groups is 1. The maximum absolute atomic E-state index is 5.62. The highest BCUT2D eigenvalue weighted by Gasteiger charge is 1.98. The molecule has 0 aliphatic heterocycles. The molecule has 0 fully saturated rings. The SMILES string of the molecule is C#CCN=C(N)Nc1ccc(OC(C)C)cc1. The van der Waals surface area contributed by atoms with Crippen LogP contribution in [0.2, 0.25) is 0 Å². The molecule has 4 nitrogen and oxygen atoms in total. The zero-order valence-electron chi connectivity index (χ0n) is 10.1. The number of rotatable bonds is 4. The van der Waals surface area contributed by atoms with Crippen molar-refractivity contribution in [2.45, 2.75) is 20.0 Å². The highest BCUT2D eigenvalue weighted by atomic mass is 16.5. The molecular formula is C13H17N3O. The average molecular weight is 231 g/mol. The Morgan fingerprint density at radius 3 is 2.65 bits per heavy atom. The van der Waals surface area contributed by atoms with Gasteiger partial charge in [0.05, 0.1) is 6.10 Å². The minimum absolute atomic E-state index is 0.163. The van der Waals surface area contributed by atoms with Gasteiger partial charge in [0.15, 0.2) is 5.96 Å². The predicted molar refractivity (Wildman–Crippen MR) is 71.2 cm³/mol. The molecule has 1 aromatic carbocycles. The minimum Gasteiger partial charge on any atom is -0.491 e. The molecule has 0 spiro atoms. The molecule has 0 saturated heterocycles. The minimum atomic E-state index is 0.163. The van der Waals surface area contributed by atoms with Crippen molar-refractivity contribution in [2.24, 2.45) is 10.7 Å². The van der Waals surface area contributed by atoms with E-state index in [2.05, 4.69) is 16.2 Å². The largest absolute Gasteiger partial charge is 0.491 e. The second-order valence-corrected chi connectivity index (χ2v) is 3.72. The number of nitrogens with zero attached hydrogens (tertiary/aromatic N) is 1. The Labute approximate surface area is 102 Å². The first kappa shape index (κ1) is 12.9. The zero-order chi connectivity index (χ0) is 12.7. The molecule has 0 bridgehead atoms. The van der Waals surface area contributed by atoms with Gasteiger partial charge in [-0.3, -0.25) is 0 Å². The Bertz CT molecular complexity index is 415. The van der Waals surface area contributed by atoms with Crippen LogP contribution >= 0.6 is 0 Å². The molecule has 0 amide bonds. The molecule has 0 aromatic heterocycles. The van der Waals surface area contributed by atoms with Crippen LogP contribution in [-0.4, -0.2) is 18.6 Å². The van der Waals surface area contributed by atoms with Crippen LogP contribution in [0.4, 0.5) is 5.69 Å². The van der Waals surface area contributed by atoms with Crippen molar-refractivity contribution < 1.29 is 4.74 Å². The van der Waals surface area contributed by atoms with Crippen LogP contribution in [-0.2, 0) is 0 Å². The molecule has 0 unspecified atom stereocenters. The second kappa shape index (κ2) is 6.44. The Kier molecular flexibility index (Phi) is 4.89. The van der Waals surface area contributed by atoms with E-state index in [4.69, 9.17) is 16.9 Å². The van der Waals surface area contributed by atoms with Crippen LogP contribution in [0.3, 0.4) is 0 Å². The molecule has 4 heteroatoms. The Morgan fingerprint density at radius 1 is 1.47 bits per heavy atom. The number of hydrogen-bond donors (Lipinski definition) is 2. The monoisotopic (exact) mass is 231 g/mol. The molecular weight excluding hydrogens is 214 g/mol. The van der Waals surface area contributed by atoms with Gasteiger partial charge >= 0.3 is 0 Å². The molecule has 0 saturated carbocycles. The van der Waals surface area contributed by atoms with Gasteiger partial charge in [-0.2, -0.15) is 0 Å². The van der Waals surface area contributed by atoms with E-state index in [1.807, 2.05) is 38.1 Å². The van der Waals surface area contributed by atoms with Crippen LogP contribution < -0.4 is 15.8 Å². The van der Waals surface area contributed by atoms with Crippen molar-refractivity contribution in [3.05, 3.63) is 24.3 Å². The van der Waals surface area contributed by atoms with Crippen LogP contribution in [0.5, 0.6) is 5.75 Å². The number of terminal acetylenes is 1. The number of ether oxygens (including phenoxy) is 1. The number of hydrogen-bond acceptors (Lipinski definition) is 2. The van der Waals surface area contributed by atoms with Crippen molar-refractivity contribution in [1.29, 1.82) is 0 Å². The van der Waals surface area contributed by atoms with Gasteiger partial charge in [0.1, 0.15) is 12.3 Å². The van der Waals surface area contributed by atoms with Crippen LogP contribution in [0.25, 0.3) is 0 Å². The molecule has 17 heavy (non-hydrogen) atoms. The quantitative estimate of drug-likeness (QED) is 0.472. The van der Waals surface area contributed by atoms with E-state index < -0.39 is 0 Å². The smallest absolute Gasteiger partial charge is 0.194 e. The molecule has 0 atom stereocenters. The number of nitrogens with one attached hydrogen (secondary N) is 1. The van der Waals surface area contributed by atoms with Gasteiger partial charge in [-0.05, 0) is 38.1 Å². The topological polar surface area (TPSA) is 59.6 Å². The summed E-state index contributed by atoms with van der Waals surface area (Å²) in [6, 6.07) is 7.49. The first-order valence-electron chi connectivity index (χ1n) is 5.39. The van der Waals surface area contributed by atoms with Crippen molar-refractivity contribution >= 4 is 11.6 Å². The number of nitrogens with two attached hydrogens (primary N) is 1. The molecule has 3 N–H and O–H groups in total. The maximum Gasteiger partial charge on any atom is 0.194 e. The molecule has 0 radical (unpaired) electrons. The first-order valence-corrected chi connectivity index (χ1v) is 5.39. The van der Waals surface area contributed by atoms with E-state index >= 15 is 0 Å². The standard InChI is InChI=1S/C13H17N3O/c1-4-9-15-13(14)16-11-5-7-12(8-6-11)17-10(2)3/h1,5-8,10H,9H2,2-3H3,(H3,14,15,16). The third-order valence-corrected chi connectivity index (χ3v) is 1.84. The first-order chi connectivity index (χ1) is 8.11. The number of benzene rings is 1. The average Bonchev–Trinajstić information content (AvgIpc) is 2.28. The third kappa shape index (κ3) is 4.94.